The zero-order valence-electron chi connectivity index (χ0n) is 12.0. The molecular formula is C17H15NO4. The Kier molecular flexibility index (Phi) is 5.03. The number of esters is 1. The summed E-state index contributed by atoms with van der Waals surface area (Å²) < 4.78 is 4.56. The zero-order chi connectivity index (χ0) is 15.9. The SMILES string of the molecule is CCOC(=O)C(=O)C=C(O)c1ccc(-c2ccccn2)cc1. The molecule has 2 rings (SSSR count). The van der Waals surface area contributed by atoms with E-state index in [4.69, 9.17) is 0 Å². The molecule has 0 radical (unpaired) electrons. The lowest BCUT2D eigenvalue weighted by molar-refractivity contribution is -0.151. The quantitative estimate of drug-likeness (QED) is 0.397. The highest BCUT2D eigenvalue weighted by Crippen LogP contribution is 2.19. The molecule has 1 N–H and O–H groups in total. The van der Waals surface area contributed by atoms with Crippen molar-refractivity contribution in [1.82, 2.24) is 4.98 Å². The monoisotopic (exact) mass is 297 g/mol. The second kappa shape index (κ2) is 7.17. The van der Waals surface area contributed by atoms with Crippen molar-refractivity contribution in [3.63, 3.8) is 0 Å². The van der Waals surface area contributed by atoms with Crippen molar-refractivity contribution >= 4 is 17.5 Å². The fraction of sp³-hybridized carbons (Fsp3) is 0.118. The summed E-state index contributed by atoms with van der Waals surface area (Å²) >= 11 is 0. The van der Waals surface area contributed by atoms with Crippen LogP contribution >= 0.6 is 0 Å². The number of hydrogen-bond acceptors (Lipinski definition) is 5. The fourth-order valence-electron chi connectivity index (χ4n) is 1.81. The number of aromatic nitrogens is 1. The largest absolute Gasteiger partial charge is 0.507 e. The standard InChI is InChI=1S/C17H15NO4/c1-2-22-17(21)16(20)11-15(19)13-8-6-12(7-9-13)14-5-3-4-10-18-14/h3-11,19H,2H2,1H3. The van der Waals surface area contributed by atoms with E-state index in [1.165, 1.54) is 0 Å². The second-order valence-corrected chi connectivity index (χ2v) is 4.41. The van der Waals surface area contributed by atoms with Crippen LogP contribution in [0.4, 0.5) is 0 Å². The van der Waals surface area contributed by atoms with Gasteiger partial charge in [0.1, 0.15) is 5.76 Å². The van der Waals surface area contributed by atoms with E-state index >= 15 is 0 Å². The maximum atomic E-state index is 11.5. The third kappa shape index (κ3) is 3.79. The van der Waals surface area contributed by atoms with Gasteiger partial charge in [-0.3, -0.25) is 9.78 Å². The molecule has 112 valence electrons. The zero-order valence-corrected chi connectivity index (χ0v) is 12.0. The maximum absolute atomic E-state index is 11.5. The van der Waals surface area contributed by atoms with E-state index in [1.807, 2.05) is 18.2 Å². The Bertz CT molecular complexity index is 690. The minimum Gasteiger partial charge on any atom is -0.507 e. The van der Waals surface area contributed by atoms with Gasteiger partial charge >= 0.3 is 5.97 Å². The van der Waals surface area contributed by atoms with Gasteiger partial charge in [0.2, 0.25) is 0 Å². The highest BCUT2D eigenvalue weighted by atomic mass is 16.5. The van der Waals surface area contributed by atoms with Crippen LogP contribution in [0, 0.1) is 0 Å². The van der Waals surface area contributed by atoms with Gasteiger partial charge in [-0.15, -0.1) is 0 Å². The van der Waals surface area contributed by atoms with Crippen molar-refractivity contribution in [2.24, 2.45) is 0 Å². The third-order valence-corrected chi connectivity index (χ3v) is 2.89. The van der Waals surface area contributed by atoms with Crippen LogP contribution in [-0.2, 0) is 14.3 Å². The van der Waals surface area contributed by atoms with E-state index < -0.39 is 11.8 Å². The molecule has 1 aromatic carbocycles. The summed E-state index contributed by atoms with van der Waals surface area (Å²) in [6.07, 6.45) is 2.55. The number of hydrogen-bond donors (Lipinski definition) is 1. The first-order valence-corrected chi connectivity index (χ1v) is 6.75. The number of aliphatic hydroxyl groups excluding tert-OH is 1. The molecule has 0 aliphatic heterocycles. The van der Waals surface area contributed by atoms with E-state index in [-0.39, 0.29) is 12.4 Å². The van der Waals surface area contributed by atoms with Crippen LogP contribution in [0.5, 0.6) is 0 Å². The first kappa shape index (κ1) is 15.4. The summed E-state index contributed by atoms with van der Waals surface area (Å²) in [7, 11) is 0. The van der Waals surface area contributed by atoms with Crippen molar-refractivity contribution in [2.75, 3.05) is 6.61 Å². The topological polar surface area (TPSA) is 76.5 Å². The average molecular weight is 297 g/mol. The van der Waals surface area contributed by atoms with Gasteiger partial charge < -0.3 is 9.84 Å². The molecule has 0 unspecified atom stereocenters. The van der Waals surface area contributed by atoms with Crippen LogP contribution in [-0.4, -0.2) is 28.4 Å². The number of ketones is 1. The van der Waals surface area contributed by atoms with Gasteiger partial charge in [-0.25, -0.2) is 4.79 Å². The fourth-order valence-corrected chi connectivity index (χ4v) is 1.81. The van der Waals surface area contributed by atoms with Crippen LogP contribution in [0.25, 0.3) is 17.0 Å². The molecule has 1 heterocycles. The Hall–Kier alpha value is -2.95. The molecule has 0 atom stereocenters. The predicted octanol–water partition coefficient (Wildman–Crippen LogP) is 2.78. The number of nitrogens with zero attached hydrogens (tertiary/aromatic N) is 1. The molecule has 0 amide bonds. The first-order chi connectivity index (χ1) is 10.6. The predicted molar refractivity (Wildman–Crippen MR) is 81.9 cm³/mol. The molecule has 0 spiro atoms. The lowest BCUT2D eigenvalue weighted by Gasteiger charge is -2.03. The van der Waals surface area contributed by atoms with Crippen LogP contribution in [0.3, 0.4) is 0 Å². The Labute approximate surface area is 127 Å². The number of ether oxygens (including phenoxy) is 1. The van der Waals surface area contributed by atoms with Crippen LogP contribution in [0.1, 0.15) is 12.5 Å². The van der Waals surface area contributed by atoms with Crippen molar-refractivity contribution in [3.05, 3.63) is 60.3 Å². The lowest BCUT2D eigenvalue weighted by atomic mass is 10.1. The van der Waals surface area contributed by atoms with E-state index in [0.717, 1.165) is 17.3 Å². The van der Waals surface area contributed by atoms with Crippen molar-refractivity contribution in [3.8, 4) is 11.3 Å². The van der Waals surface area contributed by atoms with Crippen molar-refractivity contribution in [1.29, 1.82) is 0 Å². The molecule has 1 aromatic heterocycles. The molecule has 0 fully saturated rings. The Morgan fingerprint density at radius 1 is 1.18 bits per heavy atom. The number of carbonyl (C=O) groups is 2. The molecule has 0 saturated carbocycles. The second-order valence-electron chi connectivity index (χ2n) is 4.41. The molecule has 0 bridgehead atoms. The molecule has 5 heteroatoms. The number of aliphatic hydroxyl groups is 1. The lowest BCUT2D eigenvalue weighted by Crippen LogP contribution is -2.15. The summed E-state index contributed by atoms with van der Waals surface area (Å²) in [4.78, 5) is 26.9. The van der Waals surface area contributed by atoms with Crippen LogP contribution in [0.2, 0.25) is 0 Å². The minimum atomic E-state index is -0.987. The van der Waals surface area contributed by atoms with Crippen LogP contribution in [0.15, 0.2) is 54.7 Å². The molecule has 2 aromatic rings. The maximum Gasteiger partial charge on any atom is 0.379 e. The summed E-state index contributed by atoms with van der Waals surface area (Å²) in [5, 5.41) is 9.89. The van der Waals surface area contributed by atoms with Crippen molar-refractivity contribution < 1.29 is 19.4 Å². The van der Waals surface area contributed by atoms with Gasteiger partial charge in [-0.2, -0.15) is 0 Å². The van der Waals surface area contributed by atoms with Gasteiger partial charge in [0.05, 0.1) is 12.3 Å². The van der Waals surface area contributed by atoms with Gasteiger partial charge in [0.25, 0.3) is 5.78 Å². The molecule has 5 nitrogen and oxygen atoms in total. The molecule has 0 saturated heterocycles. The number of carbonyl (C=O) groups excluding carboxylic acids is 2. The number of pyridine rings is 1. The van der Waals surface area contributed by atoms with E-state index in [9.17, 15) is 14.7 Å². The van der Waals surface area contributed by atoms with Gasteiger partial charge in [0.15, 0.2) is 0 Å². The summed E-state index contributed by atoms with van der Waals surface area (Å²) in [5.74, 6) is -2.17. The van der Waals surface area contributed by atoms with Crippen LogP contribution < -0.4 is 0 Å². The first-order valence-electron chi connectivity index (χ1n) is 6.75. The van der Waals surface area contributed by atoms with E-state index in [2.05, 4.69) is 9.72 Å². The normalized spacial score (nSPS) is 11.0. The number of rotatable bonds is 5. The summed E-state index contributed by atoms with van der Waals surface area (Å²) in [6, 6.07) is 12.4. The van der Waals surface area contributed by atoms with E-state index in [1.54, 1.807) is 37.4 Å². The molecule has 0 aliphatic carbocycles. The third-order valence-electron chi connectivity index (χ3n) is 2.89. The molecule has 0 aliphatic rings. The average Bonchev–Trinajstić information content (AvgIpc) is 2.56. The Morgan fingerprint density at radius 3 is 2.50 bits per heavy atom. The molecular weight excluding hydrogens is 282 g/mol. The summed E-state index contributed by atoms with van der Waals surface area (Å²) in [5.41, 5.74) is 2.12. The van der Waals surface area contributed by atoms with Gasteiger partial charge in [0, 0.05) is 23.4 Å². The van der Waals surface area contributed by atoms with Gasteiger partial charge in [-0.05, 0) is 19.1 Å². The van der Waals surface area contributed by atoms with E-state index in [0.29, 0.717) is 5.56 Å². The number of benzene rings is 1. The highest BCUT2D eigenvalue weighted by Gasteiger charge is 2.13. The Morgan fingerprint density at radius 2 is 1.91 bits per heavy atom. The van der Waals surface area contributed by atoms with Gasteiger partial charge in [-0.1, -0.05) is 30.3 Å². The molecule has 22 heavy (non-hydrogen) atoms. The minimum absolute atomic E-state index is 0.109. The Balaban J connectivity index is 2.16. The highest BCUT2D eigenvalue weighted by molar-refractivity contribution is 6.39. The summed E-state index contributed by atoms with van der Waals surface area (Å²) in [6.45, 7) is 1.71. The smallest absolute Gasteiger partial charge is 0.379 e. The van der Waals surface area contributed by atoms with Crippen molar-refractivity contribution in [2.45, 2.75) is 6.92 Å².